The van der Waals surface area contributed by atoms with Crippen LogP contribution in [-0.2, 0) is 4.79 Å². The summed E-state index contributed by atoms with van der Waals surface area (Å²) in [6, 6.07) is 0. The minimum Gasteiger partial charge on any atom is -0.369 e. The molecule has 0 radical (unpaired) electrons. The number of rotatable bonds is 3. The van der Waals surface area contributed by atoms with Crippen LogP contribution in [0.15, 0.2) is 11.6 Å². The minimum atomic E-state index is -0.166. The SMILES string of the molecule is CC1CC=C(C(C)C)C(C(C)C(N)=O)C1. The van der Waals surface area contributed by atoms with Crippen LogP contribution < -0.4 is 5.73 Å². The molecule has 3 atom stereocenters. The van der Waals surface area contributed by atoms with Crippen molar-refractivity contribution in [1.29, 1.82) is 0 Å². The Hall–Kier alpha value is -0.790. The van der Waals surface area contributed by atoms with Gasteiger partial charge in [-0.1, -0.05) is 39.3 Å². The van der Waals surface area contributed by atoms with Crippen molar-refractivity contribution in [1.82, 2.24) is 0 Å². The van der Waals surface area contributed by atoms with Gasteiger partial charge in [0.25, 0.3) is 0 Å². The van der Waals surface area contributed by atoms with Gasteiger partial charge in [-0.25, -0.2) is 0 Å². The summed E-state index contributed by atoms with van der Waals surface area (Å²) >= 11 is 0. The molecule has 1 aliphatic carbocycles. The van der Waals surface area contributed by atoms with Gasteiger partial charge in [0.05, 0.1) is 0 Å². The molecule has 1 rings (SSSR count). The van der Waals surface area contributed by atoms with Gasteiger partial charge in [0.15, 0.2) is 0 Å². The quantitative estimate of drug-likeness (QED) is 0.714. The van der Waals surface area contributed by atoms with E-state index in [-0.39, 0.29) is 11.8 Å². The molecule has 2 heteroatoms. The highest BCUT2D eigenvalue weighted by Gasteiger charge is 2.30. The monoisotopic (exact) mass is 209 g/mol. The first-order valence-corrected chi connectivity index (χ1v) is 5.92. The number of allylic oxidation sites excluding steroid dienone is 2. The number of carbonyl (C=O) groups is 1. The third-order valence-corrected chi connectivity index (χ3v) is 3.56. The summed E-state index contributed by atoms with van der Waals surface area (Å²) in [5.74, 6) is 1.39. The smallest absolute Gasteiger partial charge is 0.220 e. The Morgan fingerprint density at radius 3 is 2.53 bits per heavy atom. The van der Waals surface area contributed by atoms with E-state index < -0.39 is 0 Å². The summed E-state index contributed by atoms with van der Waals surface area (Å²) in [6.45, 7) is 8.60. The van der Waals surface area contributed by atoms with Gasteiger partial charge in [0.1, 0.15) is 0 Å². The van der Waals surface area contributed by atoms with E-state index in [1.807, 2.05) is 6.92 Å². The van der Waals surface area contributed by atoms with Crippen molar-refractivity contribution >= 4 is 5.91 Å². The van der Waals surface area contributed by atoms with Crippen molar-refractivity contribution in [3.8, 4) is 0 Å². The zero-order valence-electron chi connectivity index (χ0n) is 10.3. The Labute approximate surface area is 92.9 Å². The normalized spacial score (nSPS) is 28.7. The molecule has 0 aromatic carbocycles. The first-order chi connectivity index (χ1) is 6.93. The molecule has 1 amide bonds. The minimum absolute atomic E-state index is 0.0265. The number of hydrogen-bond donors (Lipinski definition) is 1. The molecule has 0 bridgehead atoms. The second-order valence-electron chi connectivity index (χ2n) is 5.23. The van der Waals surface area contributed by atoms with E-state index in [4.69, 9.17) is 5.73 Å². The molecule has 0 spiro atoms. The molecule has 15 heavy (non-hydrogen) atoms. The van der Waals surface area contributed by atoms with Crippen molar-refractivity contribution in [3.05, 3.63) is 11.6 Å². The fourth-order valence-corrected chi connectivity index (χ4v) is 2.51. The first kappa shape index (κ1) is 12.3. The molecular formula is C13H23NO. The van der Waals surface area contributed by atoms with E-state index in [1.165, 1.54) is 5.57 Å². The maximum atomic E-state index is 11.3. The van der Waals surface area contributed by atoms with E-state index in [0.717, 1.165) is 12.8 Å². The molecule has 0 aromatic heterocycles. The number of carbonyl (C=O) groups excluding carboxylic acids is 1. The van der Waals surface area contributed by atoms with Gasteiger partial charge in [-0.15, -0.1) is 0 Å². The second kappa shape index (κ2) is 4.82. The fraction of sp³-hybridized carbons (Fsp3) is 0.769. The topological polar surface area (TPSA) is 43.1 Å². The van der Waals surface area contributed by atoms with Crippen LogP contribution in [0.1, 0.15) is 40.5 Å². The maximum absolute atomic E-state index is 11.3. The van der Waals surface area contributed by atoms with Crippen LogP contribution in [0.4, 0.5) is 0 Å². The molecule has 0 aromatic rings. The molecule has 0 aliphatic heterocycles. The predicted molar refractivity (Wildman–Crippen MR) is 63.2 cm³/mol. The summed E-state index contributed by atoms with van der Waals surface area (Å²) in [4.78, 5) is 11.3. The lowest BCUT2D eigenvalue weighted by molar-refractivity contribution is -0.122. The molecule has 0 saturated heterocycles. The van der Waals surface area contributed by atoms with E-state index in [9.17, 15) is 4.79 Å². The van der Waals surface area contributed by atoms with Crippen LogP contribution in [0.3, 0.4) is 0 Å². The standard InChI is InChI=1S/C13H23NO/c1-8(2)11-6-5-9(3)7-12(11)10(4)13(14)15/h6,8-10,12H,5,7H2,1-4H3,(H2,14,15). The first-order valence-electron chi connectivity index (χ1n) is 5.92. The van der Waals surface area contributed by atoms with Crippen molar-refractivity contribution in [2.75, 3.05) is 0 Å². The number of hydrogen-bond acceptors (Lipinski definition) is 1. The predicted octanol–water partition coefficient (Wildman–Crippen LogP) is 2.74. The summed E-state index contributed by atoms with van der Waals surface area (Å²) < 4.78 is 0. The Kier molecular flexibility index (Phi) is 3.95. The van der Waals surface area contributed by atoms with E-state index in [2.05, 4.69) is 26.8 Å². The highest BCUT2D eigenvalue weighted by Crippen LogP contribution is 2.37. The molecule has 0 heterocycles. The average molecular weight is 209 g/mol. The van der Waals surface area contributed by atoms with Gasteiger partial charge in [-0.3, -0.25) is 4.79 Å². The lowest BCUT2D eigenvalue weighted by Gasteiger charge is -2.33. The van der Waals surface area contributed by atoms with Crippen LogP contribution in [0.2, 0.25) is 0 Å². The van der Waals surface area contributed by atoms with Crippen molar-refractivity contribution in [2.24, 2.45) is 29.4 Å². The van der Waals surface area contributed by atoms with Crippen molar-refractivity contribution in [2.45, 2.75) is 40.5 Å². The Bertz CT molecular complexity index is 268. The summed E-state index contributed by atoms with van der Waals surface area (Å²) in [5.41, 5.74) is 6.84. The van der Waals surface area contributed by atoms with Crippen LogP contribution in [-0.4, -0.2) is 5.91 Å². The Morgan fingerprint density at radius 1 is 1.47 bits per heavy atom. The average Bonchev–Trinajstić information content (AvgIpc) is 2.15. The molecular weight excluding hydrogens is 186 g/mol. The van der Waals surface area contributed by atoms with Crippen LogP contribution in [0.25, 0.3) is 0 Å². The lowest BCUT2D eigenvalue weighted by Crippen LogP contribution is -2.32. The molecule has 0 saturated carbocycles. The number of primary amides is 1. The van der Waals surface area contributed by atoms with E-state index >= 15 is 0 Å². The largest absolute Gasteiger partial charge is 0.369 e. The Balaban J connectivity index is 2.87. The number of nitrogens with two attached hydrogens (primary N) is 1. The van der Waals surface area contributed by atoms with Gasteiger partial charge in [0, 0.05) is 5.92 Å². The summed E-state index contributed by atoms with van der Waals surface area (Å²) in [7, 11) is 0. The highest BCUT2D eigenvalue weighted by atomic mass is 16.1. The van der Waals surface area contributed by atoms with Crippen LogP contribution >= 0.6 is 0 Å². The second-order valence-corrected chi connectivity index (χ2v) is 5.23. The zero-order valence-corrected chi connectivity index (χ0v) is 10.3. The highest BCUT2D eigenvalue weighted by molar-refractivity contribution is 5.77. The molecule has 2 nitrogen and oxygen atoms in total. The van der Waals surface area contributed by atoms with E-state index in [1.54, 1.807) is 0 Å². The van der Waals surface area contributed by atoms with Gasteiger partial charge >= 0.3 is 0 Å². The molecule has 3 unspecified atom stereocenters. The molecule has 2 N–H and O–H groups in total. The van der Waals surface area contributed by atoms with Crippen molar-refractivity contribution < 1.29 is 4.79 Å². The van der Waals surface area contributed by atoms with Crippen LogP contribution in [0.5, 0.6) is 0 Å². The van der Waals surface area contributed by atoms with Gasteiger partial charge in [0.2, 0.25) is 5.91 Å². The van der Waals surface area contributed by atoms with Gasteiger partial charge < -0.3 is 5.73 Å². The summed E-state index contributed by atoms with van der Waals surface area (Å²) in [5, 5.41) is 0. The van der Waals surface area contributed by atoms with Crippen molar-refractivity contribution in [3.63, 3.8) is 0 Å². The van der Waals surface area contributed by atoms with Gasteiger partial charge in [-0.05, 0) is 30.6 Å². The third kappa shape index (κ3) is 2.83. The lowest BCUT2D eigenvalue weighted by atomic mass is 9.72. The number of amides is 1. The Morgan fingerprint density at radius 2 is 2.07 bits per heavy atom. The summed E-state index contributed by atoms with van der Waals surface area (Å²) in [6.07, 6.45) is 4.58. The third-order valence-electron chi connectivity index (χ3n) is 3.56. The zero-order chi connectivity index (χ0) is 11.6. The molecule has 1 aliphatic rings. The molecule has 0 fully saturated rings. The molecule has 86 valence electrons. The van der Waals surface area contributed by atoms with Crippen LogP contribution in [0, 0.1) is 23.7 Å². The fourth-order valence-electron chi connectivity index (χ4n) is 2.51. The van der Waals surface area contributed by atoms with Gasteiger partial charge in [-0.2, -0.15) is 0 Å². The van der Waals surface area contributed by atoms with E-state index in [0.29, 0.717) is 17.8 Å². The maximum Gasteiger partial charge on any atom is 0.220 e.